The van der Waals surface area contributed by atoms with Crippen molar-refractivity contribution in [3.05, 3.63) is 33.4 Å². The van der Waals surface area contributed by atoms with E-state index >= 15 is 0 Å². The zero-order chi connectivity index (χ0) is 13.1. The number of hydrogen-bond donors (Lipinski definition) is 1. The number of halogens is 1. The molecule has 1 nitrogen and oxygen atoms in total. The highest BCUT2D eigenvalue weighted by atomic mass is 127. The molecule has 100 valence electrons. The first-order chi connectivity index (χ1) is 8.61. The molecule has 1 fully saturated rings. The molecule has 1 saturated carbocycles. The SMILES string of the molecule is CNC(c1ccc(I)cc1)C1CCC(C)C(C)C1. The molecular weight excluding hydrogens is 333 g/mol. The molecule has 0 amide bonds. The van der Waals surface area contributed by atoms with Gasteiger partial charge in [0.2, 0.25) is 0 Å². The Hall–Kier alpha value is -0.0900. The number of nitrogens with one attached hydrogen (secondary N) is 1. The van der Waals surface area contributed by atoms with Gasteiger partial charge in [0.05, 0.1) is 0 Å². The zero-order valence-corrected chi connectivity index (χ0v) is 13.8. The largest absolute Gasteiger partial charge is 0.313 e. The van der Waals surface area contributed by atoms with Crippen LogP contribution in [0.1, 0.15) is 44.7 Å². The third kappa shape index (κ3) is 3.27. The van der Waals surface area contributed by atoms with E-state index in [1.54, 1.807) is 0 Å². The molecule has 0 aliphatic heterocycles. The van der Waals surface area contributed by atoms with Crippen LogP contribution in [0.15, 0.2) is 24.3 Å². The summed E-state index contributed by atoms with van der Waals surface area (Å²) in [7, 11) is 2.10. The fraction of sp³-hybridized carbons (Fsp3) is 0.625. The van der Waals surface area contributed by atoms with Gasteiger partial charge in [-0.1, -0.05) is 32.4 Å². The minimum absolute atomic E-state index is 0.525. The molecule has 0 heterocycles. The lowest BCUT2D eigenvalue weighted by molar-refractivity contribution is 0.174. The Kier molecular flexibility index (Phi) is 5.07. The van der Waals surface area contributed by atoms with Crippen LogP contribution in [0.25, 0.3) is 0 Å². The molecular formula is C16H24IN. The van der Waals surface area contributed by atoms with Crippen LogP contribution in [-0.2, 0) is 0 Å². The Morgan fingerprint density at radius 2 is 1.78 bits per heavy atom. The van der Waals surface area contributed by atoms with Gasteiger partial charge in [-0.25, -0.2) is 0 Å². The summed E-state index contributed by atoms with van der Waals surface area (Å²) in [6.07, 6.45) is 4.11. The van der Waals surface area contributed by atoms with Gasteiger partial charge in [-0.3, -0.25) is 0 Å². The van der Waals surface area contributed by atoms with Gasteiger partial charge in [0.25, 0.3) is 0 Å². The second-order valence-corrected chi connectivity index (χ2v) is 7.09. The summed E-state index contributed by atoms with van der Waals surface area (Å²) < 4.78 is 1.32. The van der Waals surface area contributed by atoms with Gasteiger partial charge in [-0.05, 0) is 77.9 Å². The van der Waals surface area contributed by atoms with E-state index in [1.165, 1.54) is 28.4 Å². The van der Waals surface area contributed by atoms with Gasteiger partial charge in [-0.15, -0.1) is 0 Å². The summed E-state index contributed by atoms with van der Waals surface area (Å²) in [4.78, 5) is 0. The Labute approximate surface area is 125 Å². The normalized spacial score (nSPS) is 30.1. The predicted octanol–water partition coefficient (Wildman–Crippen LogP) is 4.62. The van der Waals surface area contributed by atoms with Crippen molar-refractivity contribution in [3.8, 4) is 0 Å². The van der Waals surface area contributed by atoms with Crippen molar-refractivity contribution >= 4 is 22.6 Å². The minimum Gasteiger partial charge on any atom is -0.313 e. The summed E-state index contributed by atoms with van der Waals surface area (Å²) in [6.45, 7) is 4.82. The Morgan fingerprint density at radius 1 is 1.11 bits per heavy atom. The summed E-state index contributed by atoms with van der Waals surface area (Å²) in [5, 5.41) is 3.54. The lowest BCUT2D eigenvalue weighted by atomic mass is 9.72. The quantitative estimate of drug-likeness (QED) is 0.778. The van der Waals surface area contributed by atoms with Crippen LogP contribution in [0.2, 0.25) is 0 Å². The zero-order valence-electron chi connectivity index (χ0n) is 11.6. The molecule has 2 heteroatoms. The van der Waals surface area contributed by atoms with Crippen LogP contribution in [0.3, 0.4) is 0 Å². The highest BCUT2D eigenvalue weighted by Gasteiger charge is 2.30. The van der Waals surface area contributed by atoms with Crippen molar-refractivity contribution < 1.29 is 0 Å². The average molecular weight is 357 g/mol. The summed E-state index contributed by atoms with van der Waals surface area (Å²) in [5.41, 5.74) is 1.45. The van der Waals surface area contributed by atoms with E-state index in [0.29, 0.717) is 6.04 Å². The van der Waals surface area contributed by atoms with Crippen LogP contribution in [0.4, 0.5) is 0 Å². The van der Waals surface area contributed by atoms with E-state index in [2.05, 4.69) is 73.1 Å². The fourth-order valence-electron chi connectivity index (χ4n) is 3.24. The molecule has 1 aliphatic carbocycles. The minimum atomic E-state index is 0.525. The molecule has 2 rings (SSSR count). The highest BCUT2D eigenvalue weighted by molar-refractivity contribution is 14.1. The van der Waals surface area contributed by atoms with Gasteiger partial charge in [0.15, 0.2) is 0 Å². The van der Waals surface area contributed by atoms with Crippen LogP contribution >= 0.6 is 22.6 Å². The summed E-state index contributed by atoms with van der Waals surface area (Å²) in [6, 6.07) is 9.53. The number of benzene rings is 1. The summed E-state index contributed by atoms with van der Waals surface area (Å²) in [5.74, 6) is 2.56. The molecule has 1 aliphatic rings. The van der Waals surface area contributed by atoms with E-state index < -0.39 is 0 Å². The topological polar surface area (TPSA) is 12.0 Å². The molecule has 1 N–H and O–H groups in total. The van der Waals surface area contributed by atoms with E-state index in [4.69, 9.17) is 0 Å². The molecule has 0 aromatic heterocycles. The maximum Gasteiger partial charge on any atom is 0.0346 e. The third-order valence-corrected chi connectivity index (χ3v) is 5.37. The van der Waals surface area contributed by atoms with Crippen molar-refractivity contribution in [3.63, 3.8) is 0 Å². The molecule has 18 heavy (non-hydrogen) atoms. The lowest BCUT2D eigenvalue weighted by Gasteiger charge is -2.37. The van der Waals surface area contributed by atoms with Gasteiger partial charge in [0.1, 0.15) is 0 Å². The van der Waals surface area contributed by atoms with Crippen molar-refractivity contribution in [2.24, 2.45) is 17.8 Å². The molecule has 0 spiro atoms. The first kappa shape index (κ1) is 14.3. The maximum atomic E-state index is 3.54. The number of hydrogen-bond acceptors (Lipinski definition) is 1. The van der Waals surface area contributed by atoms with Crippen molar-refractivity contribution in [1.82, 2.24) is 5.32 Å². The Bertz CT molecular complexity index is 373. The molecule has 0 saturated heterocycles. The van der Waals surface area contributed by atoms with Crippen LogP contribution < -0.4 is 5.32 Å². The molecule has 0 radical (unpaired) electrons. The Morgan fingerprint density at radius 3 is 2.33 bits per heavy atom. The van der Waals surface area contributed by atoms with E-state index in [0.717, 1.165) is 17.8 Å². The fourth-order valence-corrected chi connectivity index (χ4v) is 3.60. The highest BCUT2D eigenvalue weighted by Crippen LogP contribution is 2.39. The monoisotopic (exact) mass is 357 g/mol. The molecule has 1 aromatic rings. The van der Waals surface area contributed by atoms with E-state index in [-0.39, 0.29) is 0 Å². The van der Waals surface area contributed by atoms with Crippen molar-refractivity contribution in [1.29, 1.82) is 0 Å². The van der Waals surface area contributed by atoms with Gasteiger partial charge in [0, 0.05) is 9.61 Å². The van der Waals surface area contributed by atoms with Gasteiger partial charge >= 0.3 is 0 Å². The molecule has 0 bridgehead atoms. The predicted molar refractivity (Wildman–Crippen MR) is 86.6 cm³/mol. The average Bonchev–Trinajstić information content (AvgIpc) is 2.37. The first-order valence-electron chi connectivity index (χ1n) is 7.04. The summed E-state index contributed by atoms with van der Waals surface area (Å²) >= 11 is 2.37. The first-order valence-corrected chi connectivity index (χ1v) is 8.12. The van der Waals surface area contributed by atoms with E-state index in [1.807, 2.05) is 0 Å². The maximum absolute atomic E-state index is 3.54. The number of rotatable bonds is 3. The second-order valence-electron chi connectivity index (χ2n) is 5.85. The smallest absolute Gasteiger partial charge is 0.0346 e. The van der Waals surface area contributed by atoms with Crippen molar-refractivity contribution in [2.75, 3.05) is 7.05 Å². The van der Waals surface area contributed by atoms with Gasteiger partial charge < -0.3 is 5.32 Å². The Balaban J connectivity index is 2.11. The van der Waals surface area contributed by atoms with Crippen LogP contribution in [0.5, 0.6) is 0 Å². The van der Waals surface area contributed by atoms with Crippen LogP contribution in [-0.4, -0.2) is 7.05 Å². The van der Waals surface area contributed by atoms with Gasteiger partial charge in [-0.2, -0.15) is 0 Å². The molecule has 4 atom stereocenters. The molecule has 1 aromatic carbocycles. The van der Waals surface area contributed by atoms with E-state index in [9.17, 15) is 0 Å². The second kappa shape index (κ2) is 6.38. The standard InChI is InChI=1S/C16H24IN/c1-11-4-5-14(10-12(11)2)16(18-3)13-6-8-15(17)9-7-13/h6-9,11-12,14,16,18H,4-5,10H2,1-3H3. The van der Waals surface area contributed by atoms with Crippen LogP contribution in [0, 0.1) is 21.3 Å². The third-order valence-electron chi connectivity index (χ3n) is 4.65. The van der Waals surface area contributed by atoms with Crippen molar-refractivity contribution in [2.45, 2.75) is 39.2 Å². The molecule has 4 unspecified atom stereocenters. The lowest BCUT2D eigenvalue weighted by Crippen LogP contribution is -2.31.